The van der Waals surface area contributed by atoms with Gasteiger partial charge in [0.05, 0.1) is 18.3 Å². The number of hydrogen-bond donors (Lipinski definition) is 1. The smallest absolute Gasteiger partial charge is 0.240 e. The van der Waals surface area contributed by atoms with Gasteiger partial charge in [-0.3, -0.25) is 9.78 Å². The van der Waals surface area contributed by atoms with Crippen LogP contribution in [0.1, 0.15) is 37.6 Å². The van der Waals surface area contributed by atoms with Crippen molar-refractivity contribution in [1.29, 1.82) is 0 Å². The molecule has 4 heteroatoms. The van der Waals surface area contributed by atoms with E-state index in [2.05, 4.69) is 10.3 Å². The van der Waals surface area contributed by atoms with Crippen molar-refractivity contribution >= 4 is 5.91 Å². The van der Waals surface area contributed by atoms with E-state index in [-0.39, 0.29) is 11.9 Å². The summed E-state index contributed by atoms with van der Waals surface area (Å²) in [5, 5.41) is 3.32. The van der Waals surface area contributed by atoms with Crippen molar-refractivity contribution < 1.29 is 4.79 Å². The molecule has 1 aliphatic heterocycles. The summed E-state index contributed by atoms with van der Waals surface area (Å²) in [7, 11) is 0. The lowest BCUT2D eigenvalue weighted by molar-refractivity contribution is -0.134. The summed E-state index contributed by atoms with van der Waals surface area (Å²) in [5.74, 6) is 0.213. The number of aryl methyl sites for hydroxylation is 1. The standard InChI is InChI=1S/C15H23N3O/c1-3-18(11-13-8-6-7-12(2)17-13)15(19)14-9-4-5-10-16-14/h6-8,14,16H,3-5,9-11H2,1-2H3/t14-/m0/s1. The molecule has 0 radical (unpaired) electrons. The normalized spacial score (nSPS) is 19.2. The third-order valence-electron chi connectivity index (χ3n) is 3.60. The number of aromatic nitrogens is 1. The Labute approximate surface area is 115 Å². The van der Waals surface area contributed by atoms with Gasteiger partial charge in [-0.15, -0.1) is 0 Å². The average molecular weight is 261 g/mol. The number of hydrogen-bond acceptors (Lipinski definition) is 3. The van der Waals surface area contributed by atoms with Crippen LogP contribution >= 0.6 is 0 Å². The zero-order valence-electron chi connectivity index (χ0n) is 11.9. The monoisotopic (exact) mass is 261 g/mol. The van der Waals surface area contributed by atoms with Crippen LogP contribution in [0.4, 0.5) is 0 Å². The molecule has 104 valence electrons. The number of rotatable bonds is 4. The Morgan fingerprint density at radius 2 is 2.32 bits per heavy atom. The summed E-state index contributed by atoms with van der Waals surface area (Å²) in [6, 6.07) is 5.95. The van der Waals surface area contributed by atoms with Gasteiger partial charge in [-0.2, -0.15) is 0 Å². The van der Waals surface area contributed by atoms with Crippen molar-refractivity contribution in [2.24, 2.45) is 0 Å². The van der Waals surface area contributed by atoms with E-state index >= 15 is 0 Å². The second kappa shape index (κ2) is 6.66. The zero-order chi connectivity index (χ0) is 13.7. The highest BCUT2D eigenvalue weighted by atomic mass is 16.2. The Bertz CT molecular complexity index is 427. The Balaban J connectivity index is 2.00. The van der Waals surface area contributed by atoms with Crippen LogP contribution < -0.4 is 5.32 Å². The number of likely N-dealkylation sites (N-methyl/N-ethyl adjacent to an activating group) is 1. The fraction of sp³-hybridized carbons (Fsp3) is 0.600. The van der Waals surface area contributed by atoms with Crippen LogP contribution in [0.15, 0.2) is 18.2 Å². The lowest BCUT2D eigenvalue weighted by atomic mass is 10.0. The van der Waals surface area contributed by atoms with Gasteiger partial charge in [0.15, 0.2) is 0 Å². The second-order valence-corrected chi connectivity index (χ2v) is 5.13. The molecular formula is C15H23N3O. The van der Waals surface area contributed by atoms with Crippen molar-refractivity contribution in [3.05, 3.63) is 29.6 Å². The number of carbonyl (C=O) groups excluding carboxylic acids is 1. The topological polar surface area (TPSA) is 45.2 Å². The molecule has 1 aromatic rings. The molecule has 0 aliphatic carbocycles. The van der Waals surface area contributed by atoms with Crippen molar-refractivity contribution in [2.45, 2.75) is 45.7 Å². The van der Waals surface area contributed by atoms with E-state index in [1.807, 2.05) is 36.9 Å². The van der Waals surface area contributed by atoms with E-state index in [4.69, 9.17) is 0 Å². The first-order chi connectivity index (χ1) is 9.20. The summed E-state index contributed by atoms with van der Waals surface area (Å²) in [4.78, 5) is 18.8. The molecule has 1 aromatic heterocycles. The maximum atomic E-state index is 12.5. The quantitative estimate of drug-likeness (QED) is 0.900. The first-order valence-corrected chi connectivity index (χ1v) is 7.15. The summed E-state index contributed by atoms with van der Waals surface area (Å²) in [5.41, 5.74) is 1.96. The van der Waals surface area contributed by atoms with Crippen LogP contribution in [0.2, 0.25) is 0 Å². The molecule has 19 heavy (non-hydrogen) atoms. The van der Waals surface area contributed by atoms with E-state index in [0.717, 1.165) is 37.3 Å². The molecule has 0 unspecified atom stereocenters. The van der Waals surface area contributed by atoms with Gasteiger partial charge in [-0.1, -0.05) is 12.5 Å². The number of carbonyl (C=O) groups is 1. The number of piperidine rings is 1. The summed E-state index contributed by atoms with van der Waals surface area (Å²) < 4.78 is 0. The lowest BCUT2D eigenvalue weighted by Crippen LogP contribution is -2.48. The van der Waals surface area contributed by atoms with Crippen molar-refractivity contribution in [3.63, 3.8) is 0 Å². The minimum atomic E-state index is -0.00138. The van der Waals surface area contributed by atoms with Crippen molar-refractivity contribution in [3.8, 4) is 0 Å². The van der Waals surface area contributed by atoms with E-state index < -0.39 is 0 Å². The van der Waals surface area contributed by atoms with E-state index in [1.165, 1.54) is 6.42 Å². The summed E-state index contributed by atoms with van der Waals surface area (Å²) in [6.07, 6.45) is 3.27. The van der Waals surface area contributed by atoms with Crippen molar-refractivity contribution in [2.75, 3.05) is 13.1 Å². The summed E-state index contributed by atoms with van der Waals surface area (Å²) in [6.45, 7) is 6.29. The maximum absolute atomic E-state index is 12.5. The molecule has 2 heterocycles. The van der Waals surface area contributed by atoms with Crippen LogP contribution in [0.3, 0.4) is 0 Å². The highest BCUT2D eigenvalue weighted by molar-refractivity contribution is 5.81. The average Bonchev–Trinajstić information content (AvgIpc) is 2.45. The SMILES string of the molecule is CCN(Cc1cccc(C)n1)C(=O)[C@@H]1CCCCN1. The predicted octanol–water partition coefficient (Wildman–Crippen LogP) is 1.88. The van der Waals surface area contributed by atoms with Crippen LogP contribution in [0.25, 0.3) is 0 Å². The first kappa shape index (κ1) is 14.0. The molecule has 1 N–H and O–H groups in total. The number of nitrogens with one attached hydrogen (secondary N) is 1. The highest BCUT2D eigenvalue weighted by Gasteiger charge is 2.24. The Kier molecular flexibility index (Phi) is 4.91. The largest absolute Gasteiger partial charge is 0.336 e. The van der Waals surface area contributed by atoms with Gasteiger partial charge in [0.1, 0.15) is 0 Å². The van der Waals surface area contributed by atoms with Crippen LogP contribution in [0, 0.1) is 6.92 Å². The molecule has 0 saturated carbocycles. The highest BCUT2D eigenvalue weighted by Crippen LogP contribution is 2.12. The van der Waals surface area contributed by atoms with Gasteiger partial charge >= 0.3 is 0 Å². The third-order valence-corrected chi connectivity index (χ3v) is 3.60. The Morgan fingerprint density at radius 1 is 1.47 bits per heavy atom. The van der Waals surface area contributed by atoms with Gasteiger partial charge in [-0.25, -0.2) is 0 Å². The lowest BCUT2D eigenvalue weighted by Gasteiger charge is -2.29. The molecule has 1 atom stereocenters. The zero-order valence-corrected chi connectivity index (χ0v) is 11.9. The van der Waals surface area contributed by atoms with Gasteiger partial charge in [-0.05, 0) is 45.4 Å². The first-order valence-electron chi connectivity index (χ1n) is 7.15. The predicted molar refractivity (Wildman–Crippen MR) is 75.7 cm³/mol. The molecular weight excluding hydrogens is 238 g/mol. The molecule has 1 amide bonds. The van der Waals surface area contributed by atoms with E-state index in [9.17, 15) is 4.79 Å². The molecule has 1 aliphatic rings. The maximum Gasteiger partial charge on any atom is 0.240 e. The van der Waals surface area contributed by atoms with Crippen LogP contribution in [-0.4, -0.2) is 34.9 Å². The molecule has 0 aromatic carbocycles. The molecule has 4 nitrogen and oxygen atoms in total. The molecule has 0 bridgehead atoms. The van der Waals surface area contributed by atoms with E-state index in [0.29, 0.717) is 6.54 Å². The molecule has 2 rings (SSSR count). The minimum absolute atomic E-state index is 0.00138. The molecule has 0 spiro atoms. The second-order valence-electron chi connectivity index (χ2n) is 5.13. The molecule has 1 fully saturated rings. The van der Waals surface area contributed by atoms with Crippen LogP contribution in [0.5, 0.6) is 0 Å². The van der Waals surface area contributed by atoms with Gasteiger partial charge in [0.25, 0.3) is 0 Å². The number of nitrogens with zero attached hydrogens (tertiary/aromatic N) is 2. The van der Waals surface area contributed by atoms with Crippen LogP contribution in [-0.2, 0) is 11.3 Å². The fourth-order valence-electron chi connectivity index (χ4n) is 2.51. The third kappa shape index (κ3) is 3.77. The summed E-state index contributed by atoms with van der Waals surface area (Å²) >= 11 is 0. The van der Waals surface area contributed by atoms with Gasteiger partial charge < -0.3 is 10.2 Å². The Morgan fingerprint density at radius 3 is 2.95 bits per heavy atom. The minimum Gasteiger partial charge on any atom is -0.336 e. The van der Waals surface area contributed by atoms with E-state index in [1.54, 1.807) is 0 Å². The number of pyridine rings is 1. The van der Waals surface area contributed by atoms with Gasteiger partial charge in [0.2, 0.25) is 5.91 Å². The Hall–Kier alpha value is -1.42. The number of amides is 1. The fourth-order valence-corrected chi connectivity index (χ4v) is 2.51. The molecule has 1 saturated heterocycles. The van der Waals surface area contributed by atoms with Crippen molar-refractivity contribution in [1.82, 2.24) is 15.2 Å². The van der Waals surface area contributed by atoms with Gasteiger partial charge in [0, 0.05) is 12.2 Å².